The molecule has 0 aromatic carbocycles. The zero-order valence-electron chi connectivity index (χ0n) is 12.8. The Kier molecular flexibility index (Phi) is 4.95. The number of nitrogens with one attached hydrogen (secondary N) is 1. The van der Waals surface area contributed by atoms with Crippen molar-refractivity contribution in [1.29, 1.82) is 0 Å². The van der Waals surface area contributed by atoms with Gasteiger partial charge in [0.1, 0.15) is 10.8 Å². The Morgan fingerprint density at radius 3 is 2.38 bits per heavy atom. The molecule has 0 saturated heterocycles. The molecule has 0 aliphatic carbocycles. The Labute approximate surface area is 129 Å². The molecule has 2 aromatic rings. The molecule has 112 valence electrons. The van der Waals surface area contributed by atoms with E-state index in [9.17, 15) is 0 Å². The Balaban J connectivity index is 2.24. The molecule has 0 amide bonds. The molecule has 0 unspecified atom stereocenters. The molecule has 21 heavy (non-hydrogen) atoms. The summed E-state index contributed by atoms with van der Waals surface area (Å²) in [7, 11) is 0. The highest BCUT2D eigenvalue weighted by molar-refractivity contribution is 7.99. The van der Waals surface area contributed by atoms with Crippen molar-refractivity contribution in [2.75, 3.05) is 17.6 Å². The molecule has 0 bridgehead atoms. The van der Waals surface area contributed by atoms with Crippen LogP contribution in [0.15, 0.2) is 16.2 Å². The maximum absolute atomic E-state index is 5.75. The van der Waals surface area contributed by atoms with Crippen molar-refractivity contribution >= 4 is 23.5 Å². The molecule has 0 aliphatic heterocycles. The monoisotopic (exact) mass is 304 g/mol. The topological polar surface area (TPSA) is 89.6 Å². The molecule has 2 aromatic heterocycles. The largest absolute Gasteiger partial charge is 0.370 e. The molecule has 3 N–H and O–H groups in total. The lowest BCUT2D eigenvalue weighted by molar-refractivity contribution is 0.877. The van der Waals surface area contributed by atoms with Crippen LogP contribution >= 0.6 is 11.8 Å². The van der Waals surface area contributed by atoms with Gasteiger partial charge in [-0.15, -0.1) is 0 Å². The summed E-state index contributed by atoms with van der Waals surface area (Å²) in [5.41, 5.74) is 8.84. The number of nitrogens with two attached hydrogens (primary N) is 1. The summed E-state index contributed by atoms with van der Waals surface area (Å²) >= 11 is 1.39. The van der Waals surface area contributed by atoms with Gasteiger partial charge in [-0.2, -0.15) is 4.98 Å². The lowest BCUT2D eigenvalue weighted by Crippen LogP contribution is -2.05. The van der Waals surface area contributed by atoms with Crippen LogP contribution in [0.5, 0.6) is 0 Å². The summed E-state index contributed by atoms with van der Waals surface area (Å²) in [5.74, 6) is 0.978. The molecule has 0 atom stereocenters. The molecule has 2 rings (SSSR count). The number of hydrogen-bond donors (Lipinski definition) is 2. The van der Waals surface area contributed by atoms with Crippen LogP contribution in [0.3, 0.4) is 0 Å². The van der Waals surface area contributed by atoms with Gasteiger partial charge in [-0.05, 0) is 44.5 Å². The Bertz CT molecular complexity index is 620. The third kappa shape index (κ3) is 4.04. The predicted octanol–water partition coefficient (Wildman–Crippen LogP) is 2.75. The van der Waals surface area contributed by atoms with E-state index in [1.165, 1.54) is 11.8 Å². The van der Waals surface area contributed by atoms with Crippen molar-refractivity contribution in [3.63, 3.8) is 0 Å². The first-order chi connectivity index (χ1) is 9.99. The average molecular weight is 304 g/mol. The van der Waals surface area contributed by atoms with E-state index >= 15 is 0 Å². The zero-order chi connectivity index (χ0) is 15.4. The second kappa shape index (κ2) is 6.71. The highest BCUT2D eigenvalue weighted by Gasteiger charge is 2.09. The van der Waals surface area contributed by atoms with E-state index in [-0.39, 0.29) is 5.95 Å². The van der Waals surface area contributed by atoms with Crippen LogP contribution in [-0.4, -0.2) is 26.5 Å². The van der Waals surface area contributed by atoms with Gasteiger partial charge in [0.2, 0.25) is 5.95 Å². The van der Waals surface area contributed by atoms with Crippen LogP contribution in [0, 0.1) is 20.8 Å². The maximum Gasteiger partial charge on any atom is 0.223 e. The fourth-order valence-corrected chi connectivity index (χ4v) is 2.58. The Morgan fingerprint density at radius 1 is 1.10 bits per heavy atom. The lowest BCUT2D eigenvalue weighted by Gasteiger charge is -2.08. The van der Waals surface area contributed by atoms with Crippen LogP contribution < -0.4 is 11.1 Å². The molecule has 0 aliphatic rings. The summed E-state index contributed by atoms with van der Waals surface area (Å²) in [4.78, 5) is 17.4. The number of nitrogen functional groups attached to an aromatic ring is 1. The van der Waals surface area contributed by atoms with E-state index in [1.807, 2.05) is 26.8 Å². The summed E-state index contributed by atoms with van der Waals surface area (Å²) in [6.45, 7) is 8.93. The summed E-state index contributed by atoms with van der Waals surface area (Å²) in [6, 6.07) is 1.87. The van der Waals surface area contributed by atoms with E-state index in [0.717, 1.165) is 40.8 Å². The average Bonchev–Trinajstić information content (AvgIpc) is 2.42. The molecule has 0 saturated carbocycles. The third-order valence-corrected chi connectivity index (χ3v) is 3.87. The number of hydrogen-bond acceptors (Lipinski definition) is 7. The van der Waals surface area contributed by atoms with Crippen molar-refractivity contribution in [2.45, 2.75) is 44.3 Å². The van der Waals surface area contributed by atoms with Gasteiger partial charge in [-0.25, -0.2) is 15.0 Å². The standard InChI is InChI=1S/C14H20N6S/c1-5-6-16-11-7-12(20-13(15)19-11)21-14-17-9(3)8(2)10(4)18-14/h7H,5-6H2,1-4H3,(H3,15,16,19,20). The predicted molar refractivity (Wildman–Crippen MR) is 85.6 cm³/mol. The van der Waals surface area contributed by atoms with Crippen molar-refractivity contribution in [2.24, 2.45) is 0 Å². The third-order valence-electron chi connectivity index (χ3n) is 3.08. The quantitative estimate of drug-likeness (QED) is 0.648. The van der Waals surface area contributed by atoms with E-state index in [0.29, 0.717) is 5.16 Å². The van der Waals surface area contributed by atoms with E-state index in [1.54, 1.807) is 0 Å². The van der Waals surface area contributed by atoms with Crippen LogP contribution in [0.4, 0.5) is 11.8 Å². The number of aryl methyl sites for hydroxylation is 2. The van der Waals surface area contributed by atoms with Gasteiger partial charge >= 0.3 is 0 Å². The molecular weight excluding hydrogens is 284 g/mol. The molecule has 0 spiro atoms. The highest BCUT2D eigenvalue weighted by atomic mass is 32.2. The summed E-state index contributed by atoms with van der Waals surface area (Å²) in [5, 5.41) is 4.62. The number of rotatable bonds is 5. The first-order valence-corrected chi connectivity index (χ1v) is 7.69. The number of nitrogens with zero attached hydrogens (tertiary/aromatic N) is 4. The molecule has 2 heterocycles. The van der Waals surface area contributed by atoms with Crippen LogP contribution in [0.25, 0.3) is 0 Å². The lowest BCUT2D eigenvalue weighted by atomic mass is 10.2. The Morgan fingerprint density at radius 2 is 1.76 bits per heavy atom. The number of aromatic nitrogens is 4. The summed E-state index contributed by atoms with van der Waals surface area (Å²) < 4.78 is 0. The van der Waals surface area contributed by atoms with Gasteiger partial charge in [-0.3, -0.25) is 0 Å². The van der Waals surface area contributed by atoms with Crippen LogP contribution in [0.1, 0.15) is 30.3 Å². The first kappa shape index (κ1) is 15.5. The van der Waals surface area contributed by atoms with Gasteiger partial charge in [0.15, 0.2) is 5.16 Å². The minimum absolute atomic E-state index is 0.249. The normalized spacial score (nSPS) is 10.7. The van der Waals surface area contributed by atoms with Gasteiger partial charge < -0.3 is 11.1 Å². The Hall–Kier alpha value is -1.89. The summed E-state index contributed by atoms with van der Waals surface area (Å²) in [6.07, 6.45) is 1.02. The molecule has 0 radical (unpaired) electrons. The van der Waals surface area contributed by atoms with E-state index in [2.05, 4.69) is 32.2 Å². The van der Waals surface area contributed by atoms with Crippen molar-refractivity contribution in [3.05, 3.63) is 23.0 Å². The fourth-order valence-electron chi connectivity index (χ4n) is 1.72. The maximum atomic E-state index is 5.75. The smallest absolute Gasteiger partial charge is 0.223 e. The number of anilines is 2. The van der Waals surface area contributed by atoms with E-state index in [4.69, 9.17) is 5.73 Å². The van der Waals surface area contributed by atoms with Crippen LogP contribution in [-0.2, 0) is 0 Å². The van der Waals surface area contributed by atoms with Crippen molar-refractivity contribution in [3.8, 4) is 0 Å². The van der Waals surface area contributed by atoms with Gasteiger partial charge in [-0.1, -0.05) is 6.92 Å². The molecular formula is C14H20N6S. The second-order valence-corrected chi connectivity index (χ2v) is 5.77. The van der Waals surface area contributed by atoms with Gasteiger partial charge in [0.05, 0.1) is 0 Å². The minimum Gasteiger partial charge on any atom is -0.370 e. The van der Waals surface area contributed by atoms with Gasteiger partial charge in [0.25, 0.3) is 0 Å². The minimum atomic E-state index is 0.249. The highest BCUT2D eigenvalue weighted by Crippen LogP contribution is 2.26. The zero-order valence-corrected chi connectivity index (χ0v) is 13.6. The van der Waals surface area contributed by atoms with E-state index < -0.39 is 0 Å². The molecule has 6 nitrogen and oxygen atoms in total. The van der Waals surface area contributed by atoms with Gasteiger partial charge in [0, 0.05) is 24.0 Å². The fraction of sp³-hybridized carbons (Fsp3) is 0.429. The SMILES string of the molecule is CCCNc1cc(Sc2nc(C)c(C)c(C)n2)nc(N)n1. The molecule has 7 heteroatoms. The first-order valence-electron chi connectivity index (χ1n) is 6.87. The van der Waals surface area contributed by atoms with Crippen molar-refractivity contribution < 1.29 is 0 Å². The molecule has 0 fully saturated rings. The second-order valence-electron chi connectivity index (χ2n) is 4.78. The van der Waals surface area contributed by atoms with Crippen LogP contribution in [0.2, 0.25) is 0 Å². The van der Waals surface area contributed by atoms with Crippen molar-refractivity contribution in [1.82, 2.24) is 19.9 Å².